The van der Waals surface area contributed by atoms with Crippen LogP contribution in [-0.2, 0) is 23.8 Å². The maximum atomic E-state index is 12.2. The summed E-state index contributed by atoms with van der Waals surface area (Å²) in [4.78, 5) is 28.0. The maximum absolute atomic E-state index is 12.2. The zero-order valence-electron chi connectivity index (χ0n) is 13.4. The summed E-state index contributed by atoms with van der Waals surface area (Å²) in [5, 5.41) is 2.71. The van der Waals surface area contributed by atoms with Crippen molar-refractivity contribution in [1.29, 1.82) is 0 Å². The molecule has 0 bridgehead atoms. The Balaban J connectivity index is 1.37. The number of nitrogens with zero attached hydrogens (tertiary/aromatic N) is 2. The number of morpholine rings is 1. The Morgan fingerprint density at radius 1 is 0.957 bits per heavy atom. The fourth-order valence-corrected chi connectivity index (χ4v) is 3.21. The van der Waals surface area contributed by atoms with Crippen molar-refractivity contribution in [3.05, 3.63) is 0 Å². The molecule has 0 aromatic rings. The lowest BCUT2D eigenvalue weighted by Crippen LogP contribution is -2.52. The van der Waals surface area contributed by atoms with E-state index in [2.05, 4.69) is 10.2 Å². The molecule has 3 aliphatic heterocycles. The number of nitrogens with one attached hydrogen (secondary N) is 1. The van der Waals surface area contributed by atoms with Crippen molar-refractivity contribution < 1.29 is 23.8 Å². The van der Waals surface area contributed by atoms with Crippen molar-refractivity contribution >= 4 is 11.8 Å². The van der Waals surface area contributed by atoms with E-state index in [9.17, 15) is 9.59 Å². The summed E-state index contributed by atoms with van der Waals surface area (Å²) in [5.74, 6) is -1.51. The molecule has 0 unspecified atom stereocenters. The van der Waals surface area contributed by atoms with Crippen molar-refractivity contribution in [3.63, 3.8) is 0 Å². The van der Waals surface area contributed by atoms with Gasteiger partial charge in [0.1, 0.15) is 0 Å². The van der Waals surface area contributed by atoms with Crippen LogP contribution >= 0.6 is 0 Å². The minimum atomic E-state index is -0.525. The van der Waals surface area contributed by atoms with Crippen molar-refractivity contribution in [2.45, 2.75) is 18.6 Å². The monoisotopic (exact) mass is 327 g/mol. The van der Waals surface area contributed by atoms with Gasteiger partial charge in [0.05, 0.1) is 26.4 Å². The van der Waals surface area contributed by atoms with Crippen LogP contribution in [0, 0.1) is 0 Å². The molecule has 8 heteroatoms. The third kappa shape index (κ3) is 4.20. The summed E-state index contributed by atoms with van der Waals surface area (Å²) in [6.07, 6.45) is 1.25. The van der Waals surface area contributed by atoms with Gasteiger partial charge in [-0.15, -0.1) is 0 Å². The van der Waals surface area contributed by atoms with Gasteiger partial charge in [-0.3, -0.25) is 14.5 Å². The number of carbonyl (C=O) groups is 2. The Bertz CT molecular complexity index is 423. The third-order valence-electron chi connectivity index (χ3n) is 4.64. The van der Waals surface area contributed by atoms with Gasteiger partial charge in [-0.2, -0.15) is 0 Å². The number of amides is 2. The Labute approximate surface area is 136 Å². The number of ether oxygens (including phenoxy) is 3. The van der Waals surface area contributed by atoms with Gasteiger partial charge in [0.15, 0.2) is 5.79 Å². The van der Waals surface area contributed by atoms with E-state index in [0.29, 0.717) is 45.7 Å². The van der Waals surface area contributed by atoms with E-state index < -0.39 is 17.6 Å². The van der Waals surface area contributed by atoms with E-state index in [4.69, 9.17) is 14.2 Å². The summed E-state index contributed by atoms with van der Waals surface area (Å²) in [5.41, 5.74) is 0. The molecule has 0 radical (unpaired) electrons. The zero-order chi connectivity index (χ0) is 16.1. The second-order valence-corrected chi connectivity index (χ2v) is 6.11. The molecule has 3 saturated heterocycles. The summed E-state index contributed by atoms with van der Waals surface area (Å²) in [6.45, 7) is 6.63. The average Bonchev–Trinajstić information content (AvgIpc) is 3.04. The lowest BCUT2D eigenvalue weighted by Gasteiger charge is -2.37. The largest absolute Gasteiger partial charge is 0.379 e. The Morgan fingerprint density at radius 2 is 1.61 bits per heavy atom. The minimum absolute atomic E-state index is 0.458. The van der Waals surface area contributed by atoms with Gasteiger partial charge in [0, 0.05) is 52.1 Å². The Morgan fingerprint density at radius 3 is 2.26 bits per heavy atom. The van der Waals surface area contributed by atoms with Gasteiger partial charge >= 0.3 is 11.8 Å². The highest BCUT2D eigenvalue weighted by Crippen LogP contribution is 2.31. The number of piperidine rings is 1. The van der Waals surface area contributed by atoms with E-state index in [0.717, 1.165) is 32.8 Å². The van der Waals surface area contributed by atoms with Crippen LogP contribution in [-0.4, -0.2) is 93.1 Å². The summed E-state index contributed by atoms with van der Waals surface area (Å²) < 4.78 is 16.5. The highest BCUT2D eigenvalue weighted by atomic mass is 16.7. The van der Waals surface area contributed by atoms with E-state index in [1.807, 2.05) is 0 Å². The van der Waals surface area contributed by atoms with Gasteiger partial charge in [-0.1, -0.05) is 0 Å². The quantitative estimate of drug-likeness (QED) is 0.656. The normalized spacial score (nSPS) is 24.8. The van der Waals surface area contributed by atoms with Crippen LogP contribution in [0.3, 0.4) is 0 Å². The van der Waals surface area contributed by atoms with Crippen LogP contribution in [0.15, 0.2) is 0 Å². The SMILES string of the molecule is O=C(NCCN1CCOCC1)C(=O)N1CCC2(CC1)OCCO2. The number of likely N-dealkylation sites (tertiary alicyclic amines) is 1. The first-order valence-electron chi connectivity index (χ1n) is 8.34. The van der Waals surface area contributed by atoms with Crippen molar-refractivity contribution in [3.8, 4) is 0 Å². The molecule has 0 aromatic carbocycles. The van der Waals surface area contributed by atoms with Crippen LogP contribution in [0.5, 0.6) is 0 Å². The van der Waals surface area contributed by atoms with Crippen molar-refractivity contribution in [2.24, 2.45) is 0 Å². The van der Waals surface area contributed by atoms with Gasteiger partial charge in [0.25, 0.3) is 0 Å². The molecule has 130 valence electrons. The number of hydrogen-bond acceptors (Lipinski definition) is 6. The second-order valence-electron chi connectivity index (χ2n) is 6.11. The Kier molecular flexibility index (Phi) is 5.47. The molecule has 3 heterocycles. The van der Waals surface area contributed by atoms with Gasteiger partial charge in [-0.25, -0.2) is 0 Å². The van der Waals surface area contributed by atoms with Crippen molar-refractivity contribution in [1.82, 2.24) is 15.1 Å². The Hall–Kier alpha value is -1.22. The zero-order valence-corrected chi connectivity index (χ0v) is 13.4. The number of rotatable bonds is 3. The van der Waals surface area contributed by atoms with E-state index >= 15 is 0 Å². The molecule has 0 saturated carbocycles. The number of hydrogen-bond donors (Lipinski definition) is 1. The molecule has 8 nitrogen and oxygen atoms in total. The minimum Gasteiger partial charge on any atom is -0.379 e. The van der Waals surface area contributed by atoms with Crippen molar-refractivity contribution in [2.75, 3.05) is 65.7 Å². The lowest BCUT2D eigenvalue weighted by molar-refractivity contribution is -0.188. The molecule has 0 atom stereocenters. The summed E-state index contributed by atoms with van der Waals surface area (Å²) in [7, 11) is 0. The van der Waals surface area contributed by atoms with E-state index in [1.165, 1.54) is 0 Å². The highest BCUT2D eigenvalue weighted by Gasteiger charge is 2.41. The highest BCUT2D eigenvalue weighted by molar-refractivity contribution is 6.35. The third-order valence-corrected chi connectivity index (χ3v) is 4.64. The van der Waals surface area contributed by atoms with E-state index in [-0.39, 0.29) is 0 Å². The molecule has 23 heavy (non-hydrogen) atoms. The first-order chi connectivity index (χ1) is 11.2. The number of carbonyl (C=O) groups excluding carboxylic acids is 2. The maximum Gasteiger partial charge on any atom is 0.311 e. The average molecular weight is 327 g/mol. The van der Waals surface area contributed by atoms with Crippen LogP contribution in [0.1, 0.15) is 12.8 Å². The molecule has 1 spiro atoms. The van der Waals surface area contributed by atoms with Crippen LogP contribution in [0.25, 0.3) is 0 Å². The van der Waals surface area contributed by atoms with Gasteiger partial charge in [-0.05, 0) is 0 Å². The predicted octanol–water partition coefficient (Wildman–Crippen LogP) is -1.20. The fraction of sp³-hybridized carbons (Fsp3) is 0.867. The molecule has 3 fully saturated rings. The van der Waals surface area contributed by atoms with Gasteiger partial charge < -0.3 is 24.4 Å². The lowest BCUT2D eigenvalue weighted by atomic mass is 10.0. The molecule has 1 N–H and O–H groups in total. The molecule has 3 rings (SSSR count). The van der Waals surface area contributed by atoms with Gasteiger partial charge in [0.2, 0.25) is 0 Å². The molecule has 0 aromatic heterocycles. The first kappa shape index (κ1) is 16.6. The first-order valence-corrected chi connectivity index (χ1v) is 8.34. The summed E-state index contributed by atoms with van der Waals surface area (Å²) >= 11 is 0. The molecule has 0 aliphatic carbocycles. The molecule has 3 aliphatic rings. The summed E-state index contributed by atoms with van der Waals surface area (Å²) in [6, 6.07) is 0. The smallest absolute Gasteiger partial charge is 0.311 e. The van der Waals surface area contributed by atoms with Crippen LogP contribution in [0.4, 0.5) is 0 Å². The predicted molar refractivity (Wildman–Crippen MR) is 80.7 cm³/mol. The fourth-order valence-electron chi connectivity index (χ4n) is 3.21. The topological polar surface area (TPSA) is 80.3 Å². The van der Waals surface area contributed by atoms with Crippen LogP contribution < -0.4 is 5.32 Å². The van der Waals surface area contributed by atoms with Crippen LogP contribution in [0.2, 0.25) is 0 Å². The molecular weight excluding hydrogens is 302 g/mol. The standard InChI is InChI=1S/C15H25N3O5/c19-13(16-3-6-17-7-9-21-10-8-17)14(20)18-4-1-15(2-5-18)22-11-12-23-15/h1-12H2,(H,16,19). The molecule has 2 amide bonds. The van der Waals surface area contributed by atoms with E-state index in [1.54, 1.807) is 4.90 Å². The molecular formula is C15H25N3O5. The second kappa shape index (κ2) is 7.57.